The van der Waals surface area contributed by atoms with Gasteiger partial charge >= 0.3 is 0 Å². The third-order valence-electron chi connectivity index (χ3n) is 11.6. The zero-order valence-electron chi connectivity index (χ0n) is 37.3. The van der Waals surface area contributed by atoms with Gasteiger partial charge in [0.15, 0.2) is 0 Å². The molecule has 1 N–H and O–H groups in total. The van der Waals surface area contributed by atoms with Crippen molar-refractivity contribution in [2.24, 2.45) is 0 Å². The Morgan fingerprint density at radius 2 is 0.893 bits per heavy atom. The molecule has 0 amide bonds. The summed E-state index contributed by atoms with van der Waals surface area (Å²) in [6.45, 7) is 11.7. The largest absolute Gasteiger partial charge is 0.404 e. The van der Waals surface area contributed by atoms with Gasteiger partial charge < -0.3 is 9.53 Å². The first-order valence-corrected chi connectivity index (χ1v) is 25.7. The molecule has 1 unspecified atom stereocenters. The van der Waals surface area contributed by atoms with E-state index in [0.29, 0.717) is 0 Å². The smallest absolute Gasteiger partial charge is 0.261 e. The van der Waals surface area contributed by atoms with Crippen molar-refractivity contribution in [3.05, 3.63) is 97.1 Å². The lowest BCUT2D eigenvalue weighted by atomic mass is 10.0. The van der Waals surface area contributed by atoms with E-state index in [1.807, 2.05) is 0 Å². The van der Waals surface area contributed by atoms with Crippen LogP contribution in [0.1, 0.15) is 208 Å². The maximum absolute atomic E-state index is 10.5. The van der Waals surface area contributed by atoms with Crippen LogP contribution in [0, 0.1) is 0 Å². The van der Waals surface area contributed by atoms with Crippen LogP contribution in [-0.2, 0) is 4.43 Å². The van der Waals surface area contributed by atoms with Crippen molar-refractivity contribution in [1.29, 1.82) is 0 Å². The Morgan fingerprint density at radius 3 is 1.38 bits per heavy atom. The number of allylic oxidation sites excluding steroid dienone is 5. The summed E-state index contributed by atoms with van der Waals surface area (Å²) in [5.41, 5.74) is 0. The lowest BCUT2D eigenvalue weighted by molar-refractivity contribution is 0.147. The molecule has 56 heavy (non-hydrogen) atoms. The van der Waals surface area contributed by atoms with Gasteiger partial charge in [0.05, 0.1) is 6.10 Å². The highest BCUT2D eigenvalue weighted by Crippen LogP contribution is 2.38. The van der Waals surface area contributed by atoms with Crippen molar-refractivity contribution >= 4 is 18.7 Å². The molecule has 2 aromatic rings. The van der Waals surface area contributed by atoms with Gasteiger partial charge in [0, 0.05) is 6.10 Å². The molecule has 0 spiro atoms. The highest BCUT2D eigenvalue weighted by Gasteiger charge is 2.51. The summed E-state index contributed by atoms with van der Waals surface area (Å²) in [6.07, 6.45) is 47.6. The van der Waals surface area contributed by atoms with Gasteiger partial charge in [-0.3, -0.25) is 0 Å². The van der Waals surface area contributed by atoms with Gasteiger partial charge in [-0.15, -0.1) is 0 Å². The van der Waals surface area contributed by atoms with Crippen LogP contribution in [0.15, 0.2) is 97.1 Å². The Balaban J connectivity index is 1.61. The quantitative estimate of drug-likeness (QED) is 0.0428. The number of rotatable bonds is 35. The Bertz CT molecular complexity index is 1200. The molecule has 0 heterocycles. The third-order valence-corrected chi connectivity index (χ3v) is 16.7. The molecular weight excluding hydrogens is 697 g/mol. The Kier molecular flexibility index (Phi) is 29.2. The van der Waals surface area contributed by atoms with Crippen LogP contribution >= 0.6 is 0 Å². The van der Waals surface area contributed by atoms with E-state index in [9.17, 15) is 5.11 Å². The molecule has 3 heteroatoms. The summed E-state index contributed by atoms with van der Waals surface area (Å²) in [7, 11) is -2.56. The minimum absolute atomic E-state index is 0.00171. The first-order valence-electron chi connectivity index (χ1n) is 23.8. The third kappa shape index (κ3) is 22.1. The van der Waals surface area contributed by atoms with Crippen molar-refractivity contribution in [3.8, 4) is 0 Å². The molecule has 2 aromatic carbocycles. The van der Waals surface area contributed by atoms with Crippen LogP contribution in [0.5, 0.6) is 0 Å². The van der Waals surface area contributed by atoms with Crippen LogP contribution in [0.25, 0.3) is 0 Å². The van der Waals surface area contributed by atoms with Gasteiger partial charge in [0.25, 0.3) is 8.32 Å². The van der Waals surface area contributed by atoms with E-state index in [4.69, 9.17) is 4.43 Å². The molecular formula is C53H88O2Si. The van der Waals surface area contributed by atoms with E-state index in [1.165, 1.54) is 145 Å². The number of unbranched alkanes of at least 4 members (excludes halogenated alkanes) is 18. The fourth-order valence-corrected chi connectivity index (χ4v) is 12.9. The van der Waals surface area contributed by atoms with Crippen molar-refractivity contribution in [2.45, 2.75) is 225 Å². The van der Waals surface area contributed by atoms with E-state index < -0.39 is 8.32 Å². The average molecular weight is 785 g/mol. The first-order chi connectivity index (χ1) is 27.3. The van der Waals surface area contributed by atoms with Crippen molar-refractivity contribution in [2.75, 3.05) is 0 Å². The monoisotopic (exact) mass is 785 g/mol. The molecule has 2 nitrogen and oxygen atoms in total. The summed E-state index contributed by atoms with van der Waals surface area (Å²) in [5.74, 6) is 0. The maximum Gasteiger partial charge on any atom is 0.261 e. The summed E-state index contributed by atoms with van der Waals surface area (Å²) in [5, 5.41) is 13.2. The van der Waals surface area contributed by atoms with Crippen molar-refractivity contribution in [1.82, 2.24) is 0 Å². The topological polar surface area (TPSA) is 29.5 Å². The summed E-state index contributed by atoms with van der Waals surface area (Å²) < 4.78 is 7.59. The van der Waals surface area contributed by atoms with Crippen LogP contribution in [0.4, 0.5) is 0 Å². The number of aliphatic hydroxyl groups excluding tert-OH is 1. The number of hydrogen-bond donors (Lipinski definition) is 1. The standard InChI is InChI=1S/C53H88O2Si/c1-6-8-10-12-13-14-15-16-17-18-19-20-22-25-28-33-41-49(54)42-34-29-26-23-21-24-27-30-36-44-50(43-35-11-9-7-2)55-56(53(3,4)5,51-45-37-31-38-46-51)52-47-39-32-40-48-52/h13-14,16-17,30-32,36-40,45-50,54H,6-12,15,18-29,33-35,41-44H2,1-5H3/t49?,50-/m1/s1. The van der Waals surface area contributed by atoms with Crippen LogP contribution in [-0.4, -0.2) is 25.6 Å². The normalized spacial score (nSPS) is 13.8. The first kappa shape index (κ1) is 49.9. The number of benzene rings is 2. The molecule has 0 aliphatic heterocycles. The number of aliphatic hydroxyl groups is 1. The SMILES string of the molecule is CCCCCC=CCC=CCCCCCCCCC(O)CCCCCCCCC=CC[C@@H](CCCCCC)O[Si](c1ccccc1)(c1ccccc1)C(C)(C)C. The second-order valence-corrected chi connectivity index (χ2v) is 21.9. The fourth-order valence-electron chi connectivity index (χ4n) is 8.19. The van der Waals surface area contributed by atoms with Gasteiger partial charge in [0.2, 0.25) is 0 Å². The van der Waals surface area contributed by atoms with E-state index in [2.05, 4.69) is 132 Å². The Hall–Kier alpha value is -2.20. The van der Waals surface area contributed by atoms with Crippen LogP contribution < -0.4 is 10.4 Å². The molecule has 0 saturated heterocycles. The molecule has 0 fully saturated rings. The summed E-state index contributed by atoms with van der Waals surface area (Å²) in [6, 6.07) is 22.3. The van der Waals surface area contributed by atoms with Gasteiger partial charge in [0.1, 0.15) is 0 Å². The Morgan fingerprint density at radius 1 is 0.500 bits per heavy atom. The van der Waals surface area contributed by atoms with Gasteiger partial charge in [-0.1, -0.05) is 234 Å². The predicted octanol–water partition coefficient (Wildman–Crippen LogP) is 15.5. The molecule has 2 atom stereocenters. The lowest BCUT2D eigenvalue weighted by Gasteiger charge is -2.45. The van der Waals surface area contributed by atoms with Gasteiger partial charge in [-0.05, 0) is 86.0 Å². The van der Waals surface area contributed by atoms with E-state index in [1.54, 1.807) is 0 Å². The van der Waals surface area contributed by atoms with Crippen molar-refractivity contribution in [3.63, 3.8) is 0 Å². The van der Waals surface area contributed by atoms with E-state index in [0.717, 1.165) is 38.5 Å². The minimum atomic E-state index is -2.56. The van der Waals surface area contributed by atoms with Gasteiger partial charge in [-0.25, -0.2) is 0 Å². The highest BCUT2D eigenvalue weighted by molar-refractivity contribution is 6.99. The predicted molar refractivity (Wildman–Crippen MR) is 252 cm³/mol. The molecule has 316 valence electrons. The van der Waals surface area contributed by atoms with E-state index >= 15 is 0 Å². The van der Waals surface area contributed by atoms with Gasteiger partial charge in [-0.2, -0.15) is 0 Å². The molecule has 0 aromatic heterocycles. The lowest BCUT2D eigenvalue weighted by Crippen LogP contribution is -2.67. The zero-order chi connectivity index (χ0) is 40.4. The van der Waals surface area contributed by atoms with Crippen molar-refractivity contribution < 1.29 is 9.53 Å². The number of hydrogen-bond acceptors (Lipinski definition) is 2. The maximum atomic E-state index is 10.5. The van der Waals surface area contributed by atoms with Crippen LogP contribution in [0.3, 0.4) is 0 Å². The molecule has 2 rings (SSSR count). The zero-order valence-corrected chi connectivity index (χ0v) is 38.3. The summed E-state index contributed by atoms with van der Waals surface area (Å²) in [4.78, 5) is 0. The van der Waals surface area contributed by atoms with E-state index in [-0.39, 0.29) is 17.2 Å². The molecule has 0 saturated carbocycles. The minimum Gasteiger partial charge on any atom is -0.404 e. The average Bonchev–Trinajstić information content (AvgIpc) is 3.20. The second-order valence-electron chi connectivity index (χ2n) is 17.7. The highest BCUT2D eigenvalue weighted by atomic mass is 28.4. The Labute approximate surface area is 349 Å². The second kappa shape index (κ2) is 32.7. The van der Waals surface area contributed by atoms with Crippen LogP contribution in [0.2, 0.25) is 5.04 Å². The fraction of sp³-hybridized carbons (Fsp3) is 0.660. The molecule has 0 aliphatic carbocycles. The molecule has 0 aliphatic rings. The molecule has 0 radical (unpaired) electrons. The summed E-state index contributed by atoms with van der Waals surface area (Å²) >= 11 is 0. The molecule has 0 bridgehead atoms.